The van der Waals surface area contributed by atoms with Crippen molar-refractivity contribution in [1.82, 2.24) is 14.9 Å². The highest BCUT2D eigenvalue weighted by molar-refractivity contribution is 5.74. The Hall–Kier alpha value is -2.96. The summed E-state index contributed by atoms with van der Waals surface area (Å²) < 4.78 is 20.2. The SMILES string of the molecule is CN1C(C)(C)CC(Nc2nc(Nc3ccccc3N3CCOCC3C#N)ncc2F)CC1(C)C. The van der Waals surface area contributed by atoms with E-state index in [1.54, 1.807) is 0 Å². The summed E-state index contributed by atoms with van der Waals surface area (Å²) in [5.41, 5.74) is 1.55. The molecule has 0 saturated carbocycles. The van der Waals surface area contributed by atoms with E-state index < -0.39 is 5.82 Å². The van der Waals surface area contributed by atoms with E-state index in [2.05, 4.69) is 66.3 Å². The van der Waals surface area contributed by atoms with Crippen LogP contribution in [0.4, 0.5) is 27.5 Å². The number of benzene rings is 1. The molecule has 2 saturated heterocycles. The summed E-state index contributed by atoms with van der Waals surface area (Å²) in [7, 11) is 2.15. The molecule has 1 atom stereocenters. The first-order chi connectivity index (χ1) is 16.1. The minimum absolute atomic E-state index is 0.0294. The Kier molecular flexibility index (Phi) is 6.65. The van der Waals surface area contributed by atoms with Crippen molar-refractivity contribution >= 4 is 23.1 Å². The van der Waals surface area contributed by atoms with E-state index in [4.69, 9.17) is 4.74 Å². The molecule has 182 valence electrons. The minimum atomic E-state index is -0.480. The molecule has 2 aromatic rings. The molecule has 4 rings (SSSR count). The Labute approximate surface area is 201 Å². The lowest BCUT2D eigenvalue weighted by Gasteiger charge is -2.53. The number of likely N-dealkylation sites (tertiary alicyclic amines) is 1. The fourth-order valence-corrected chi connectivity index (χ4v) is 5.14. The number of rotatable bonds is 5. The largest absolute Gasteiger partial charge is 0.376 e. The van der Waals surface area contributed by atoms with Crippen LogP contribution >= 0.6 is 0 Å². The summed E-state index contributed by atoms with van der Waals surface area (Å²) in [6.45, 7) is 10.4. The Balaban J connectivity index is 1.56. The monoisotopic (exact) mass is 467 g/mol. The second kappa shape index (κ2) is 9.35. The molecule has 34 heavy (non-hydrogen) atoms. The number of nitrogens with one attached hydrogen (secondary N) is 2. The molecule has 0 bridgehead atoms. The number of aromatic nitrogens is 2. The van der Waals surface area contributed by atoms with E-state index in [9.17, 15) is 9.65 Å². The van der Waals surface area contributed by atoms with Gasteiger partial charge < -0.3 is 20.3 Å². The number of para-hydroxylation sites is 2. The number of piperidine rings is 1. The maximum atomic E-state index is 14.7. The molecule has 8 nitrogen and oxygen atoms in total. The van der Waals surface area contributed by atoms with Gasteiger partial charge in [0.1, 0.15) is 6.04 Å². The zero-order chi connectivity index (χ0) is 24.5. The summed E-state index contributed by atoms with van der Waals surface area (Å²) in [5.74, 6) is 0.00747. The van der Waals surface area contributed by atoms with Crippen LogP contribution in [0.1, 0.15) is 40.5 Å². The minimum Gasteiger partial charge on any atom is -0.376 e. The van der Waals surface area contributed by atoms with Crippen LogP contribution in [-0.4, -0.2) is 64.8 Å². The van der Waals surface area contributed by atoms with E-state index in [1.165, 1.54) is 6.20 Å². The van der Waals surface area contributed by atoms with Crippen LogP contribution in [0, 0.1) is 17.1 Å². The molecule has 0 aliphatic carbocycles. The van der Waals surface area contributed by atoms with Crippen LogP contribution in [0.25, 0.3) is 0 Å². The highest BCUT2D eigenvalue weighted by atomic mass is 19.1. The number of morpholine rings is 1. The summed E-state index contributed by atoms with van der Waals surface area (Å²) in [4.78, 5) is 13.0. The third kappa shape index (κ3) is 4.93. The maximum absolute atomic E-state index is 14.7. The molecule has 2 aliphatic rings. The maximum Gasteiger partial charge on any atom is 0.229 e. The van der Waals surface area contributed by atoms with Crippen molar-refractivity contribution in [3.63, 3.8) is 0 Å². The molecule has 2 aliphatic heterocycles. The predicted octanol–water partition coefficient (Wildman–Crippen LogP) is 4.15. The van der Waals surface area contributed by atoms with Crippen LogP contribution < -0.4 is 15.5 Å². The number of nitrogens with zero attached hydrogens (tertiary/aromatic N) is 5. The lowest BCUT2D eigenvalue weighted by molar-refractivity contribution is -0.00778. The average molecular weight is 468 g/mol. The second-order valence-electron chi connectivity index (χ2n) is 10.4. The summed E-state index contributed by atoms with van der Waals surface area (Å²) >= 11 is 0. The van der Waals surface area contributed by atoms with E-state index in [1.807, 2.05) is 29.2 Å². The van der Waals surface area contributed by atoms with Gasteiger partial charge in [0.25, 0.3) is 0 Å². The summed E-state index contributed by atoms with van der Waals surface area (Å²) in [6, 6.07) is 9.68. The van der Waals surface area contributed by atoms with Gasteiger partial charge in [0.05, 0.1) is 36.9 Å². The predicted molar refractivity (Wildman–Crippen MR) is 132 cm³/mol. The molecule has 0 spiro atoms. The molecule has 0 amide bonds. The van der Waals surface area contributed by atoms with Crippen LogP contribution in [-0.2, 0) is 4.74 Å². The van der Waals surface area contributed by atoms with Crippen LogP contribution in [0.15, 0.2) is 30.5 Å². The molecule has 1 aromatic carbocycles. The highest BCUT2D eigenvalue weighted by Gasteiger charge is 2.43. The molecule has 3 heterocycles. The van der Waals surface area contributed by atoms with E-state index in [0.29, 0.717) is 25.7 Å². The number of anilines is 4. The van der Waals surface area contributed by atoms with Crippen molar-refractivity contribution < 1.29 is 9.13 Å². The topological polar surface area (TPSA) is 89.3 Å². The van der Waals surface area contributed by atoms with Gasteiger partial charge in [-0.2, -0.15) is 10.2 Å². The van der Waals surface area contributed by atoms with Crippen LogP contribution in [0.3, 0.4) is 0 Å². The Morgan fingerprint density at radius 3 is 2.59 bits per heavy atom. The van der Waals surface area contributed by atoms with Crippen molar-refractivity contribution in [2.24, 2.45) is 0 Å². The molecule has 2 N–H and O–H groups in total. The first-order valence-electron chi connectivity index (χ1n) is 11.7. The van der Waals surface area contributed by atoms with Crippen LogP contribution in [0.5, 0.6) is 0 Å². The summed E-state index contributed by atoms with van der Waals surface area (Å²) in [5, 5.41) is 16.1. The first-order valence-corrected chi connectivity index (χ1v) is 11.7. The van der Waals surface area contributed by atoms with Crippen molar-refractivity contribution in [2.45, 2.75) is 63.7 Å². The standard InChI is InChI=1S/C25H34FN7O/c1-24(2)12-17(13-25(3,4)32(24)5)29-22-19(26)15-28-23(31-22)30-20-8-6-7-9-21(20)33-10-11-34-16-18(33)14-27/h6-9,15,17-18H,10-13,16H2,1-5H3,(H2,28,29,30,31). The van der Waals surface area contributed by atoms with Gasteiger partial charge in [-0.25, -0.2) is 9.37 Å². The lowest BCUT2D eigenvalue weighted by atomic mass is 9.77. The third-order valence-corrected chi connectivity index (χ3v) is 7.13. The molecule has 1 aromatic heterocycles. The number of hydrogen-bond acceptors (Lipinski definition) is 8. The number of hydrogen-bond donors (Lipinski definition) is 2. The molecule has 0 radical (unpaired) electrons. The molecule has 9 heteroatoms. The normalized spacial score (nSPS) is 22.7. The Bertz CT molecular complexity index is 1050. The second-order valence-corrected chi connectivity index (χ2v) is 10.4. The van der Waals surface area contributed by atoms with Gasteiger partial charge in [-0.3, -0.25) is 4.90 Å². The van der Waals surface area contributed by atoms with Crippen LogP contribution in [0.2, 0.25) is 0 Å². The smallest absolute Gasteiger partial charge is 0.229 e. The average Bonchev–Trinajstić information content (AvgIpc) is 2.79. The van der Waals surface area contributed by atoms with Gasteiger partial charge in [0.2, 0.25) is 5.95 Å². The van der Waals surface area contributed by atoms with Crippen molar-refractivity contribution in [2.75, 3.05) is 42.3 Å². The van der Waals surface area contributed by atoms with Crippen molar-refractivity contribution in [3.05, 3.63) is 36.3 Å². The molecular formula is C25H34FN7O. The number of nitriles is 1. The molecule has 1 unspecified atom stereocenters. The van der Waals surface area contributed by atoms with Gasteiger partial charge in [-0.1, -0.05) is 12.1 Å². The zero-order valence-electron chi connectivity index (χ0n) is 20.6. The number of ether oxygens (including phenoxy) is 1. The number of halogens is 1. The molecule has 2 fully saturated rings. The fraction of sp³-hybridized carbons (Fsp3) is 0.560. The van der Waals surface area contributed by atoms with Gasteiger partial charge in [-0.05, 0) is 59.7 Å². The van der Waals surface area contributed by atoms with E-state index in [0.717, 1.165) is 24.2 Å². The third-order valence-electron chi connectivity index (χ3n) is 7.13. The van der Waals surface area contributed by atoms with Gasteiger partial charge in [-0.15, -0.1) is 0 Å². The van der Waals surface area contributed by atoms with Gasteiger partial charge >= 0.3 is 0 Å². The van der Waals surface area contributed by atoms with Gasteiger partial charge in [0, 0.05) is 23.7 Å². The van der Waals surface area contributed by atoms with Gasteiger partial charge in [0.15, 0.2) is 11.6 Å². The van der Waals surface area contributed by atoms with Crippen molar-refractivity contribution in [3.8, 4) is 6.07 Å². The quantitative estimate of drug-likeness (QED) is 0.678. The van der Waals surface area contributed by atoms with E-state index >= 15 is 0 Å². The first kappa shape index (κ1) is 24.2. The summed E-state index contributed by atoms with van der Waals surface area (Å²) in [6.07, 6.45) is 2.93. The Morgan fingerprint density at radius 1 is 1.18 bits per heavy atom. The molecular weight excluding hydrogens is 433 g/mol. The Morgan fingerprint density at radius 2 is 1.88 bits per heavy atom. The van der Waals surface area contributed by atoms with E-state index in [-0.39, 0.29) is 29.0 Å². The fourth-order valence-electron chi connectivity index (χ4n) is 5.14. The van der Waals surface area contributed by atoms with Crippen molar-refractivity contribution in [1.29, 1.82) is 5.26 Å². The highest BCUT2D eigenvalue weighted by Crippen LogP contribution is 2.38. The lowest BCUT2D eigenvalue weighted by Crippen LogP contribution is -2.61. The zero-order valence-corrected chi connectivity index (χ0v) is 20.6.